The fourth-order valence-corrected chi connectivity index (χ4v) is 2.18. The minimum atomic E-state index is 0.121. The number of halogens is 1. The third-order valence-electron chi connectivity index (χ3n) is 2.80. The minimum absolute atomic E-state index is 0.121. The molecule has 0 aromatic heterocycles. The number of methoxy groups -OCH3 is 1. The van der Waals surface area contributed by atoms with Crippen LogP contribution in [0.2, 0.25) is 0 Å². The molecule has 1 aliphatic heterocycles. The van der Waals surface area contributed by atoms with E-state index in [1.165, 1.54) is 0 Å². The third kappa shape index (κ3) is 2.00. The summed E-state index contributed by atoms with van der Waals surface area (Å²) in [5, 5.41) is 0. The van der Waals surface area contributed by atoms with E-state index >= 15 is 0 Å². The molecule has 2 rings (SSSR count). The predicted octanol–water partition coefficient (Wildman–Crippen LogP) is 2.29. The van der Waals surface area contributed by atoms with E-state index < -0.39 is 0 Å². The molecular weight excluding hydrogens is 226 g/mol. The molecule has 3 nitrogen and oxygen atoms in total. The molecule has 1 atom stereocenters. The Morgan fingerprint density at radius 1 is 1.50 bits per heavy atom. The van der Waals surface area contributed by atoms with Crippen LogP contribution in [0, 0.1) is 5.92 Å². The Morgan fingerprint density at radius 2 is 2.25 bits per heavy atom. The van der Waals surface area contributed by atoms with Crippen LogP contribution in [0.3, 0.4) is 0 Å². The third-order valence-corrected chi connectivity index (χ3v) is 3.24. The summed E-state index contributed by atoms with van der Waals surface area (Å²) in [6.07, 6.45) is 0.529. The Kier molecular flexibility index (Phi) is 3.34. The second-order valence-electron chi connectivity index (χ2n) is 3.90. The predicted molar refractivity (Wildman–Crippen MR) is 64.2 cm³/mol. The molecule has 16 heavy (non-hydrogen) atoms. The van der Waals surface area contributed by atoms with Gasteiger partial charge in [0.15, 0.2) is 0 Å². The number of benzene rings is 1. The first-order valence-electron chi connectivity index (χ1n) is 5.25. The number of amides is 1. The van der Waals surface area contributed by atoms with E-state index in [-0.39, 0.29) is 11.8 Å². The number of carbonyl (C=O) groups is 1. The fraction of sp³-hybridized carbons (Fsp3) is 0.417. The zero-order valence-corrected chi connectivity index (χ0v) is 9.91. The van der Waals surface area contributed by atoms with E-state index in [1.807, 2.05) is 24.3 Å². The fourth-order valence-electron chi connectivity index (χ4n) is 1.97. The van der Waals surface area contributed by atoms with Gasteiger partial charge in [0.2, 0.25) is 5.91 Å². The molecule has 0 spiro atoms. The van der Waals surface area contributed by atoms with E-state index in [9.17, 15) is 4.79 Å². The molecule has 1 aromatic rings. The van der Waals surface area contributed by atoms with Gasteiger partial charge in [0, 0.05) is 18.8 Å². The zero-order valence-electron chi connectivity index (χ0n) is 9.15. The van der Waals surface area contributed by atoms with E-state index in [2.05, 4.69) is 0 Å². The highest BCUT2D eigenvalue weighted by molar-refractivity contribution is 6.18. The van der Waals surface area contributed by atoms with Crippen molar-refractivity contribution in [2.24, 2.45) is 5.92 Å². The monoisotopic (exact) mass is 239 g/mol. The van der Waals surface area contributed by atoms with Crippen molar-refractivity contribution in [3.05, 3.63) is 24.3 Å². The van der Waals surface area contributed by atoms with Gasteiger partial charge in [-0.15, -0.1) is 11.6 Å². The molecule has 1 saturated heterocycles. The summed E-state index contributed by atoms with van der Waals surface area (Å²) in [6, 6.07) is 7.55. The van der Waals surface area contributed by atoms with E-state index in [0.717, 1.165) is 11.4 Å². The van der Waals surface area contributed by atoms with Gasteiger partial charge in [-0.25, -0.2) is 0 Å². The Morgan fingerprint density at radius 3 is 2.88 bits per heavy atom. The smallest absolute Gasteiger partial charge is 0.227 e. The Hall–Kier alpha value is -1.22. The summed E-state index contributed by atoms with van der Waals surface area (Å²) in [5.41, 5.74) is 0.836. The highest BCUT2D eigenvalue weighted by Gasteiger charge is 2.31. The number of carbonyl (C=O) groups excluding carboxylic acids is 1. The maximum Gasteiger partial charge on any atom is 0.227 e. The lowest BCUT2D eigenvalue weighted by atomic mass is 10.1. The van der Waals surface area contributed by atoms with Crippen molar-refractivity contribution in [1.29, 1.82) is 0 Å². The molecule has 0 radical (unpaired) electrons. The molecule has 1 aromatic carbocycles. The highest BCUT2D eigenvalue weighted by atomic mass is 35.5. The van der Waals surface area contributed by atoms with Crippen molar-refractivity contribution in [3.63, 3.8) is 0 Å². The standard InChI is InChI=1S/C12H14ClNO2/c1-16-11-5-3-2-4-10(11)14-8-9(7-13)6-12(14)15/h2-5,9H,6-8H2,1H3. The molecule has 1 heterocycles. The number of anilines is 1. The highest BCUT2D eigenvalue weighted by Crippen LogP contribution is 2.32. The van der Waals surface area contributed by atoms with Crippen LogP contribution >= 0.6 is 11.6 Å². The van der Waals surface area contributed by atoms with Crippen molar-refractivity contribution in [1.82, 2.24) is 0 Å². The zero-order chi connectivity index (χ0) is 11.5. The summed E-state index contributed by atoms with van der Waals surface area (Å²) >= 11 is 5.79. The van der Waals surface area contributed by atoms with Gasteiger partial charge >= 0.3 is 0 Å². The van der Waals surface area contributed by atoms with E-state index in [4.69, 9.17) is 16.3 Å². The Bertz CT molecular complexity index is 394. The molecule has 1 amide bonds. The molecule has 86 valence electrons. The van der Waals surface area contributed by atoms with Gasteiger partial charge in [0.05, 0.1) is 12.8 Å². The van der Waals surface area contributed by atoms with Crippen LogP contribution in [0.15, 0.2) is 24.3 Å². The van der Waals surface area contributed by atoms with Crippen molar-refractivity contribution < 1.29 is 9.53 Å². The molecule has 0 aliphatic carbocycles. The van der Waals surface area contributed by atoms with Crippen molar-refractivity contribution in [2.75, 3.05) is 24.4 Å². The first-order valence-corrected chi connectivity index (χ1v) is 5.79. The number of nitrogens with zero attached hydrogens (tertiary/aromatic N) is 1. The van der Waals surface area contributed by atoms with Gasteiger partial charge < -0.3 is 9.64 Å². The quantitative estimate of drug-likeness (QED) is 0.758. The maximum atomic E-state index is 11.8. The van der Waals surface area contributed by atoms with E-state index in [1.54, 1.807) is 12.0 Å². The molecular formula is C12H14ClNO2. The Labute approximate surface area is 100.0 Å². The average molecular weight is 240 g/mol. The Balaban J connectivity index is 2.27. The topological polar surface area (TPSA) is 29.5 Å². The van der Waals surface area contributed by atoms with Crippen LogP contribution in [-0.4, -0.2) is 25.4 Å². The molecule has 1 fully saturated rings. The van der Waals surface area contributed by atoms with Crippen LogP contribution in [0.1, 0.15) is 6.42 Å². The molecule has 0 bridgehead atoms. The van der Waals surface area contributed by atoms with Crippen LogP contribution in [0.25, 0.3) is 0 Å². The number of rotatable bonds is 3. The van der Waals surface area contributed by atoms with Crippen LogP contribution < -0.4 is 9.64 Å². The number of alkyl halides is 1. The second-order valence-corrected chi connectivity index (χ2v) is 4.21. The molecule has 0 saturated carbocycles. The first-order chi connectivity index (χ1) is 7.76. The molecule has 4 heteroatoms. The summed E-state index contributed by atoms with van der Waals surface area (Å²) < 4.78 is 5.25. The minimum Gasteiger partial charge on any atom is -0.495 e. The molecule has 1 aliphatic rings. The SMILES string of the molecule is COc1ccccc1N1CC(CCl)CC1=O. The van der Waals surface area contributed by atoms with Gasteiger partial charge in [0.1, 0.15) is 5.75 Å². The van der Waals surface area contributed by atoms with Gasteiger partial charge in [-0.3, -0.25) is 4.79 Å². The van der Waals surface area contributed by atoms with Crippen molar-refractivity contribution in [2.45, 2.75) is 6.42 Å². The summed E-state index contributed by atoms with van der Waals surface area (Å²) in [6.45, 7) is 0.683. The number of hydrogen-bond donors (Lipinski definition) is 0. The lowest BCUT2D eigenvalue weighted by molar-refractivity contribution is -0.117. The van der Waals surface area contributed by atoms with Gasteiger partial charge in [-0.05, 0) is 18.1 Å². The number of ether oxygens (including phenoxy) is 1. The number of hydrogen-bond acceptors (Lipinski definition) is 2. The summed E-state index contributed by atoms with van der Waals surface area (Å²) in [5.74, 6) is 1.62. The number of para-hydroxylation sites is 2. The molecule has 1 unspecified atom stereocenters. The lowest BCUT2D eigenvalue weighted by Gasteiger charge is -2.19. The normalized spacial score (nSPS) is 20.2. The molecule has 0 N–H and O–H groups in total. The maximum absolute atomic E-state index is 11.8. The lowest BCUT2D eigenvalue weighted by Crippen LogP contribution is -2.25. The van der Waals surface area contributed by atoms with Gasteiger partial charge in [-0.2, -0.15) is 0 Å². The second kappa shape index (κ2) is 4.74. The van der Waals surface area contributed by atoms with E-state index in [0.29, 0.717) is 18.8 Å². The first kappa shape index (κ1) is 11.3. The van der Waals surface area contributed by atoms with Gasteiger partial charge in [-0.1, -0.05) is 12.1 Å². The van der Waals surface area contributed by atoms with Crippen LogP contribution in [-0.2, 0) is 4.79 Å². The van der Waals surface area contributed by atoms with Crippen LogP contribution in [0.4, 0.5) is 5.69 Å². The summed E-state index contributed by atoms with van der Waals surface area (Å²) in [7, 11) is 1.61. The largest absolute Gasteiger partial charge is 0.495 e. The van der Waals surface area contributed by atoms with Gasteiger partial charge in [0.25, 0.3) is 0 Å². The van der Waals surface area contributed by atoms with Crippen molar-refractivity contribution in [3.8, 4) is 5.75 Å². The van der Waals surface area contributed by atoms with Crippen molar-refractivity contribution >= 4 is 23.2 Å². The average Bonchev–Trinajstić information content (AvgIpc) is 2.70. The van der Waals surface area contributed by atoms with Crippen LogP contribution in [0.5, 0.6) is 5.75 Å². The summed E-state index contributed by atoms with van der Waals surface area (Å²) in [4.78, 5) is 13.6.